The second-order valence-electron chi connectivity index (χ2n) is 13.2. The highest BCUT2D eigenvalue weighted by Gasteiger charge is 2.34. The molecule has 1 aromatic carbocycles. The van der Waals surface area contributed by atoms with Gasteiger partial charge in [0.1, 0.15) is 29.6 Å². The van der Waals surface area contributed by atoms with Crippen LogP contribution in [0.5, 0.6) is 5.75 Å². The number of oxazole rings is 1. The lowest BCUT2D eigenvalue weighted by Gasteiger charge is -2.35. The Balaban J connectivity index is 1.15. The number of nitrogens with one attached hydrogen (secondary N) is 1. The summed E-state index contributed by atoms with van der Waals surface area (Å²) < 4.78 is 16.7. The number of aliphatic hydroxyl groups is 1. The maximum absolute atomic E-state index is 14.3. The molecule has 2 aromatic heterocycles. The van der Waals surface area contributed by atoms with Gasteiger partial charge in [0, 0.05) is 36.7 Å². The summed E-state index contributed by atoms with van der Waals surface area (Å²) in [5.74, 6) is 3.56. The first-order valence-electron chi connectivity index (χ1n) is 16.8. The van der Waals surface area contributed by atoms with E-state index in [9.17, 15) is 9.59 Å². The molecule has 0 spiro atoms. The number of anilines is 1. The Bertz CT molecular complexity index is 1490. The number of aryl methyl sites for hydroxylation is 1. The summed E-state index contributed by atoms with van der Waals surface area (Å²) in [7, 11) is 1.71. The molecular weight excluding hydrogens is 584 g/mol. The number of methoxy groups -OCH3 is 1. The number of aromatic nitrogens is 2. The van der Waals surface area contributed by atoms with E-state index in [1.807, 2.05) is 17.0 Å². The molecule has 0 aliphatic heterocycles. The van der Waals surface area contributed by atoms with Crippen LogP contribution in [0.2, 0.25) is 0 Å². The van der Waals surface area contributed by atoms with Crippen LogP contribution < -0.4 is 15.0 Å². The minimum Gasteiger partial charge on any atom is -0.496 e. The lowest BCUT2D eigenvalue weighted by Crippen LogP contribution is -2.42. The number of nitrogens with zero attached hydrogens (tertiary/aromatic N) is 3. The van der Waals surface area contributed by atoms with Gasteiger partial charge in [0.2, 0.25) is 5.91 Å². The molecule has 246 valence electrons. The van der Waals surface area contributed by atoms with E-state index in [0.717, 1.165) is 67.0 Å². The van der Waals surface area contributed by atoms with Crippen molar-refractivity contribution in [2.24, 2.45) is 11.8 Å². The van der Waals surface area contributed by atoms with Crippen molar-refractivity contribution in [2.45, 2.75) is 89.1 Å². The highest BCUT2D eigenvalue weighted by molar-refractivity contribution is 5.94. The van der Waals surface area contributed by atoms with Gasteiger partial charge in [-0.05, 0) is 112 Å². The Kier molecular flexibility index (Phi) is 10.2. The van der Waals surface area contributed by atoms with Crippen LogP contribution in [0.4, 0.5) is 10.6 Å². The van der Waals surface area contributed by atoms with Crippen molar-refractivity contribution in [1.82, 2.24) is 15.3 Å². The fourth-order valence-electron chi connectivity index (χ4n) is 7.05. The number of hydrogen-bond donors (Lipinski definition) is 2. The number of ether oxygens (including phenoxy) is 2. The molecule has 0 unspecified atom stereocenters. The molecule has 0 atom stereocenters. The fraction of sp³-hybridized carbons (Fsp3) is 0.556. The Morgan fingerprint density at radius 1 is 1.00 bits per heavy atom. The lowest BCUT2D eigenvalue weighted by atomic mass is 9.78. The summed E-state index contributed by atoms with van der Waals surface area (Å²) >= 11 is 0. The summed E-state index contributed by atoms with van der Waals surface area (Å²) in [6.07, 6.45) is 11.7. The van der Waals surface area contributed by atoms with Crippen molar-refractivity contribution in [3.63, 3.8) is 0 Å². The van der Waals surface area contributed by atoms with Gasteiger partial charge in [0.05, 0.1) is 13.7 Å². The highest BCUT2D eigenvalue weighted by Crippen LogP contribution is 2.41. The van der Waals surface area contributed by atoms with Crippen LogP contribution in [-0.4, -0.2) is 60.0 Å². The molecule has 0 saturated heterocycles. The molecule has 3 saturated carbocycles. The number of carbonyl (C=O) groups is 2. The van der Waals surface area contributed by atoms with Crippen molar-refractivity contribution in [2.75, 3.05) is 31.7 Å². The maximum atomic E-state index is 14.3. The zero-order valence-corrected chi connectivity index (χ0v) is 27.0. The van der Waals surface area contributed by atoms with Gasteiger partial charge in [0.25, 0.3) is 0 Å². The molecule has 3 aliphatic carbocycles. The van der Waals surface area contributed by atoms with Crippen LogP contribution in [0.3, 0.4) is 0 Å². The molecule has 0 radical (unpaired) electrons. The van der Waals surface area contributed by atoms with Gasteiger partial charge >= 0.3 is 6.09 Å². The number of carbonyl (C=O) groups excluding carboxylic acids is 2. The van der Waals surface area contributed by atoms with E-state index in [2.05, 4.69) is 30.4 Å². The number of amides is 2. The molecule has 10 heteroatoms. The number of hydrogen-bond acceptors (Lipinski definition) is 8. The number of alkyl carbamates (subject to hydrolysis) is 1. The van der Waals surface area contributed by atoms with Crippen molar-refractivity contribution in [3.8, 4) is 17.0 Å². The van der Waals surface area contributed by atoms with Crippen LogP contribution >= 0.6 is 0 Å². The van der Waals surface area contributed by atoms with Gasteiger partial charge in [-0.1, -0.05) is 12.1 Å². The van der Waals surface area contributed by atoms with E-state index in [1.165, 1.54) is 5.56 Å². The normalized spacial score (nSPS) is 23.0. The molecular formula is C36H46N4O6. The second kappa shape index (κ2) is 14.7. The number of aliphatic hydroxyl groups excluding tert-OH is 1. The predicted octanol–water partition coefficient (Wildman–Crippen LogP) is 6.52. The largest absolute Gasteiger partial charge is 0.496 e. The van der Waals surface area contributed by atoms with Gasteiger partial charge < -0.3 is 24.3 Å². The summed E-state index contributed by atoms with van der Waals surface area (Å²) in [6, 6.07) is 10.4. The molecule has 2 amide bonds. The van der Waals surface area contributed by atoms with Crippen LogP contribution in [-0.2, 0) is 9.53 Å². The van der Waals surface area contributed by atoms with Crippen molar-refractivity contribution in [1.29, 1.82) is 0 Å². The average molecular weight is 631 g/mol. The van der Waals surface area contributed by atoms with Gasteiger partial charge in [-0.25, -0.2) is 14.8 Å². The van der Waals surface area contributed by atoms with Gasteiger partial charge in [-0.15, -0.1) is 0 Å². The molecule has 2 heterocycles. The van der Waals surface area contributed by atoms with E-state index in [1.54, 1.807) is 19.6 Å². The highest BCUT2D eigenvalue weighted by atomic mass is 16.6. The van der Waals surface area contributed by atoms with E-state index in [-0.39, 0.29) is 31.1 Å². The molecule has 2 N–H and O–H groups in total. The second-order valence-corrected chi connectivity index (χ2v) is 13.2. The number of rotatable bonds is 11. The smallest absolute Gasteiger partial charge is 0.407 e. The fourth-order valence-corrected chi connectivity index (χ4v) is 7.05. The first-order valence-corrected chi connectivity index (χ1v) is 16.8. The molecule has 3 aromatic rings. The monoisotopic (exact) mass is 630 g/mol. The Morgan fingerprint density at radius 2 is 1.76 bits per heavy atom. The summed E-state index contributed by atoms with van der Waals surface area (Å²) in [5.41, 5.74) is 4.18. The minimum absolute atomic E-state index is 0.0829. The molecule has 3 fully saturated rings. The third kappa shape index (κ3) is 7.71. The van der Waals surface area contributed by atoms with Gasteiger partial charge in [-0.2, -0.15) is 0 Å². The summed E-state index contributed by atoms with van der Waals surface area (Å²) in [6.45, 7) is 2.74. The lowest BCUT2D eigenvalue weighted by molar-refractivity contribution is -0.124. The third-order valence-corrected chi connectivity index (χ3v) is 9.89. The number of benzene rings is 1. The molecule has 3 aliphatic rings. The first kappa shape index (κ1) is 32.0. The third-order valence-electron chi connectivity index (χ3n) is 9.89. The zero-order valence-electron chi connectivity index (χ0n) is 27.0. The van der Waals surface area contributed by atoms with E-state index >= 15 is 0 Å². The van der Waals surface area contributed by atoms with E-state index in [0.29, 0.717) is 55.8 Å². The number of pyridine rings is 1. The SMILES string of the molecule is COc1ccc([C@H]2CC[C@H](CN(c3cc(-c4coc(C5CC5)n4)ccn3)C(=O)[C@H]3CC[C@H](OC(=O)NCCO)CC3)CC2)cc1C. The average Bonchev–Trinajstić information content (AvgIpc) is 3.82. The summed E-state index contributed by atoms with van der Waals surface area (Å²) in [4.78, 5) is 37.6. The molecule has 46 heavy (non-hydrogen) atoms. The summed E-state index contributed by atoms with van der Waals surface area (Å²) in [5, 5.41) is 11.5. The minimum atomic E-state index is -0.524. The van der Waals surface area contributed by atoms with Crippen molar-refractivity contribution >= 4 is 17.8 Å². The zero-order chi connectivity index (χ0) is 32.0. The topological polar surface area (TPSA) is 127 Å². The van der Waals surface area contributed by atoms with Crippen molar-refractivity contribution in [3.05, 3.63) is 59.8 Å². The Labute approximate surface area is 270 Å². The first-order chi connectivity index (χ1) is 22.4. The quantitative estimate of drug-likeness (QED) is 0.245. The van der Waals surface area contributed by atoms with Crippen LogP contribution in [0.25, 0.3) is 11.3 Å². The van der Waals surface area contributed by atoms with Gasteiger partial charge in [0.15, 0.2) is 5.89 Å². The molecule has 6 rings (SSSR count). The predicted molar refractivity (Wildman–Crippen MR) is 174 cm³/mol. The molecule has 0 bridgehead atoms. The van der Waals surface area contributed by atoms with Gasteiger partial charge in [-0.3, -0.25) is 9.69 Å². The van der Waals surface area contributed by atoms with E-state index in [4.69, 9.17) is 29.0 Å². The maximum Gasteiger partial charge on any atom is 0.407 e. The van der Waals surface area contributed by atoms with Crippen LogP contribution in [0, 0.1) is 18.8 Å². The van der Waals surface area contributed by atoms with Crippen molar-refractivity contribution < 1.29 is 28.6 Å². The Morgan fingerprint density at radius 3 is 2.46 bits per heavy atom. The molecule has 10 nitrogen and oxygen atoms in total. The standard InChI is InChI=1S/C36H46N4O6/c1-23-19-28(11-14-32(23)44-2)25-5-3-24(4-6-25)21-40(35(42)27-9-12-30(13-10-27)46-36(43)38-17-18-41)33-20-29(15-16-37-33)31-22-45-34(39-31)26-7-8-26/h11,14-16,19-20,22,24-27,30,41H,3-10,12-13,17-18,21H2,1-2H3,(H,38,43)/t24-,25-,27-,30-. The van der Waals surface area contributed by atoms with E-state index < -0.39 is 6.09 Å². The van der Waals surface area contributed by atoms with Crippen LogP contribution in [0.15, 0.2) is 47.2 Å². The Hall–Kier alpha value is -3.92. The van der Waals surface area contributed by atoms with Crippen LogP contribution in [0.1, 0.15) is 93.1 Å².